The molecule has 4 heteroatoms. The minimum atomic E-state index is 0.799. The van der Waals surface area contributed by atoms with Gasteiger partial charge >= 0.3 is 0 Å². The first-order valence-corrected chi connectivity index (χ1v) is 7.94. The van der Waals surface area contributed by atoms with Crippen LogP contribution in [0.15, 0.2) is 12.4 Å². The number of rotatable bonds is 6. The van der Waals surface area contributed by atoms with Crippen molar-refractivity contribution in [3.63, 3.8) is 0 Å². The number of likely N-dealkylation sites (tertiary alicyclic amines) is 2. The lowest BCUT2D eigenvalue weighted by Crippen LogP contribution is -2.36. The lowest BCUT2D eigenvalue weighted by molar-refractivity contribution is 0.220. The molecule has 0 saturated carbocycles. The Morgan fingerprint density at radius 1 is 0.950 bits per heavy atom. The molecule has 2 aliphatic heterocycles. The van der Waals surface area contributed by atoms with Crippen molar-refractivity contribution in [2.75, 3.05) is 67.5 Å². The zero-order valence-corrected chi connectivity index (χ0v) is 13.8. The summed E-state index contributed by atoms with van der Waals surface area (Å²) in [6.07, 6.45) is 2.65. The molecule has 0 radical (unpaired) electrons. The summed E-state index contributed by atoms with van der Waals surface area (Å²) in [4.78, 5) is 9.56. The van der Waals surface area contributed by atoms with Crippen LogP contribution in [0.1, 0.15) is 12.8 Å². The maximum absolute atomic E-state index is 4.30. The number of hydrogen-bond donors (Lipinski definition) is 0. The SMILES string of the molecule is C=C(N(C)CC1CCN(C)C1)N(C)CC1CCN(C)C1. The molecule has 0 amide bonds. The monoisotopic (exact) mass is 280 g/mol. The van der Waals surface area contributed by atoms with Crippen molar-refractivity contribution in [2.24, 2.45) is 11.8 Å². The zero-order chi connectivity index (χ0) is 14.7. The summed E-state index contributed by atoms with van der Waals surface area (Å²) in [6.45, 7) is 11.5. The molecule has 4 nitrogen and oxygen atoms in total. The van der Waals surface area contributed by atoms with Gasteiger partial charge in [0.05, 0.1) is 5.82 Å². The van der Waals surface area contributed by atoms with Gasteiger partial charge in [-0.05, 0) is 51.9 Å². The highest BCUT2D eigenvalue weighted by molar-refractivity contribution is 4.94. The molecule has 2 saturated heterocycles. The molecule has 0 aliphatic carbocycles. The van der Waals surface area contributed by atoms with Crippen molar-refractivity contribution >= 4 is 0 Å². The molecule has 0 N–H and O–H groups in total. The smallest absolute Gasteiger partial charge is 0.0960 e. The molecule has 2 fully saturated rings. The zero-order valence-electron chi connectivity index (χ0n) is 13.8. The second kappa shape index (κ2) is 6.81. The summed E-state index contributed by atoms with van der Waals surface area (Å²) >= 11 is 0. The van der Waals surface area contributed by atoms with Crippen LogP contribution in [0.3, 0.4) is 0 Å². The summed E-state index contributed by atoms with van der Waals surface area (Å²) in [6, 6.07) is 0. The van der Waals surface area contributed by atoms with Gasteiger partial charge in [-0.2, -0.15) is 0 Å². The molecule has 116 valence electrons. The van der Waals surface area contributed by atoms with Crippen LogP contribution >= 0.6 is 0 Å². The minimum absolute atomic E-state index is 0.799. The van der Waals surface area contributed by atoms with E-state index in [9.17, 15) is 0 Å². The second-order valence-electron chi connectivity index (χ2n) is 7.01. The Morgan fingerprint density at radius 2 is 1.35 bits per heavy atom. The maximum Gasteiger partial charge on any atom is 0.0960 e. The van der Waals surface area contributed by atoms with E-state index in [2.05, 4.69) is 54.4 Å². The predicted octanol–water partition coefficient (Wildman–Crippen LogP) is 1.22. The van der Waals surface area contributed by atoms with Crippen LogP contribution in [0.5, 0.6) is 0 Å². The lowest BCUT2D eigenvalue weighted by Gasteiger charge is -2.33. The highest BCUT2D eigenvalue weighted by Gasteiger charge is 2.24. The van der Waals surface area contributed by atoms with E-state index < -0.39 is 0 Å². The van der Waals surface area contributed by atoms with Crippen LogP contribution in [0.25, 0.3) is 0 Å². The van der Waals surface area contributed by atoms with Crippen LogP contribution in [0.2, 0.25) is 0 Å². The number of hydrogen-bond acceptors (Lipinski definition) is 4. The van der Waals surface area contributed by atoms with Gasteiger partial charge in [0.15, 0.2) is 0 Å². The number of nitrogens with zero attached hydrogens (tertiary/aromatic N) is 4. The van der Waals surface area contributed by atoms with Gasteiger partial charge in [-0.1, -0.05) is 6.58 Å². The Kier molecular flexibility index (Phi) is 5.33. The Bertz CT molecular complexity index is 300. The fourth-order valence-corrected chi connectivity index (χ4v) is 3.63. The molecular formula is C16H32N4. The highest BCUT2D eigenvalue weighted by atomic mass is 15.3. The van der Waals surface area contributed by atoms with Crippen LogP contribution in [0.4, 0.5) is 0 Å². The van der Waals surface area contributed by atoms with Crippen LogP contribution < -0.4 is 0 Å². The minimum Gasteiger partial charge on any atom is -0.362 e. The Hall–Kier alpha value is -0.740. The van der Waals surface area contributed by atoms with E-state index in [0.717, 1.165) is 24.9 Å². The van der Waals surface area contributed by atoms with Gasteiger partial charge in [-0.25, -0.2) is 0 Å². The Morgan fingerprint density at radius 3 is 1.65 bits per heavy atom. The van der Waals surface area contributed by atoms with Crippen LogP contribution in [-0.4, -0.2) is 87.1 Å². The summed E-state index contributed by atoms with van der Waals surface area (Å²) < 4.78 is 0. The molecular weight excluding hydrogens is 248 g/mol. The summed E-state index contributed by atoms with van der Waals surface area (Å²) in [5.74, 6) is 2.77. The van der Waals surface area contributed by atoms with E-state index in [1.165, 1.54) is 44.8 Å². The first-order valence-electron chi connectivity index (χ1n) is 7.94. The van der Waals surface area contributed by atoms with Gasteiger partial charge in [0, 0.05) is 40.3 Å². The molecule has 2 aliphatic rings. The van der Waals surface area contributed by atoms with Crippen molar-refractivity contribution in [3.8, 4) is 0 Å². The summed E-state index contributed by atoms with van der Waals surface area (Å²) in [5, 5.41) is 0. The van der Waals surface area contributed by atoms with Gasteiger partial charge < -0.3 is 19.6 Å². The highest BCUT2D eigenvalue weighted by Crippen LogP contribution is 2.20. The quantitative estimate of drug-likeness (QED) is 0.725. The molecule has 2 heterocycles. The van der Waals surface area contributed by atoms with Gasteiger partial charge in [0.25, 0.3) is 0 Å². The van der Waals surface area contributed by atoms with Crippen molar-refractivity contribution in [2.45, 2.75) is 12.8 Å². The van der Waals surface area contributed by atoms with Crippen molar-refractivity contribution in [3.05, 3.63) is 12.4 Å². The van der Waals surface area contributed by atoms with E-state index in [0.29, 0.717) is 0 Å². The molecule has 0 bridgehead atoms. The first-order chi connectivity index (χ1) is 9.45. The second-order valence-corrected chi connectivity index (χ2v) is 7.01. The summed E-state index contributed by atoms with van der Waals surface area (Å²) in [5.41, 5.74) is 0. The first kappa shape index (κ1) is 15.6. The predicted molar refractivity (Wildman–Crippen MR) is 85.6 cm³/mol. The van der Waals surface area contributed by atoms with Gasteiger partial charge in [0.1, 0.15) is 0 Å². The average molecular weight is 280 g/mol. The van der Waals surface area contributed by atoms with E-state index >= 15 is 0 Å². The fourth-order valence-electron chi connectivity index (χ4n) is 3.63. The third-order valence-corrected chi connectivity index (χ3v) is 4.92. The largest absolute Gasteiger partial charge is 0.362 e. The van der Waals surface area contributed by atoms with E-state index in [4.69, 9.17) is 0 Å². The third-order valence-electron chi connectivity index (χ3n) is 4.92. The molecule has 0 spiro atoms. The lowest BCUT2D eigenvalue weighted by atomic mass is 10.1. The summed E-state index contributed by atoms with van der Waals surface area (Å²) in [7, 11) is 8.82. The van der Waals surface area contributed by atoms with Gasteiger partial charge in [0.2, 0.25) is 0 Å². The standard InChI is InChI=1S/C16H32N4/c1-14(19(4)12-15-6-8-17(2)10-15)20(5)13-16-7-9-18(3)11-16/h15-16H,1,6-13H2,2-5H3. The Labute approximate surface area is 125 Å². The molecule has 0 aromatic heterocycles. The topological polar surface area (TPSA) is 13.0 Å². The third kappa shape index (κ3) is 4.13. The molecule has 0 aromatic rings. The maximum atomic E-state index is 4.30. The molecule has 2 atom stereocenters. The molecule has 20 heavy (non-hydrogen) atoms. The van der Waals surface area contributed by atoms with Crippen molar-refractivity contribution in [1.82, 2.24) is 19.6 Å². The molecule has 0 aromatic carbocycles. The van der Waals surface area contributed by atoms with E-state index in [1.54, 1.807) is 0 Å². The van der Waals surface area contributed by atoms with Crippen LogP contribution in [0, 0.1) is 11.8 Å². The normalized spacial score (nSPS) is 28.0. The molecule has 2 unspecified atom stereocenters. The Balaban J connectivity index is 1.74. The van der Waals surface area contributed by atoms with Crippen molar-refractivity contribution in [1.29, 1.82) is 0 Å². The fraction of sp³-hybridized carbons (Fsp3) is 0.875. The van der Waals surface area contributed by atoms with E-state index in [-0.39, 0.29) is 0 Å². The van der Waals surface area contributed by atoms with Crippen molar-refractivity contribution < 1.29 is 0 Å². The average Bonchev–Trinajstić information content (AvgIpc) is 2.97. The van der Waals surface area contributed by atoms with Gasteiger partial charge in [-0.3, -0.25) is 0 Å². The molecule has 2 rings (SSSR count). The van der Waals surface area contributed by atoms with Crippen LogP contribution in [-0.2, 0) is 0 Å². The van der Waals surface area contributed by atoms with E-state index in [1.807, 2.05) is 0 Å². The van der Waals surface area contributed by atoms with Gasteiger partial charge in [-0.15, -0.1) is 0 Å².